The molecule has 2 rings (SSSR count). The summed E-state index contributed by atoms with van der Waals surface area (Å²) >= 11 is 0. The lowest BCUT2D eigenvalue weighted by molar-refractivity contribution is 0.0846. The lowest BCUT2D eigenvalue weighted by Crippen LogP contribution is -2.41. The molecule has 2 aromatic carbocycles. The van der Waals surface area contributed by atoms with Gasteiger partial charge in [0, 0.05) is 11.1 Å². The topological polar surface area (TPSA) is 58.2 Å². The quantitative estimate of drug-likeness (QED) is 0.808. The fourth-order valence-electron chi connectivity index (χ4n) is 1.48. The zero-order valence-electron chi connectivity index (χ0n) is 9.89. The van der Waals surface area contributed by atoms with Crippen molar-refractivity contribution in [2.75, 3.05) is 0 Å². The van der Waals surface area contributed by atoms with Crippen LogP contribution in [0.25, 0.3) is 0 Å². The number of halogens is 1. The SMILES string of the molecule is O=C(NNC(=O)c1cccc(F)c1)c1ccccc1. The van der Waals surface area contributed by atoms with Crippen molar-refractivity contribution in [3.05, 3.63) is 71.5 Å². The van der Waals surface area contributed by atoms with Crippen LogP contribution in [0.1, 0.15) is 20.7 Å². The van der Waals surface area contributed by atoms with Crippen LogP contribution in [0.5, 0.6) is 0 Å². The number of carbonyl (C=O) groups excluding carboxylic acids is 2. The summed E-state index contributed by atoms with van der Waals surface area (Å²) in [5.74, 6) is -1.53. The van der Waals surface area contributed by atoms with Crippen LogP contribution in [0.15, 0.2) is 54.6 Å². The summed E-state index contributed by atoms with van der Waals surface area (Å²) in [6.07, 6.45) is 0. The number of amides is 2. The lowest BCUT2D eigenvalue weighted by atomic mass is 10.2. The van der Waals surface area contributed by atoms with Crippen molar-refractivity contribution in [2.45, 2.75) is 0 Å². The van der Waals surface area contributed by atoms with E-state index in [4.69, 9.17) is 0 Å². The normalized spacial score (nSPS) is 9.74. The van der Waals surface area contributed by atoms with Crippen molar-refractivity contribution < 1.29 is 14.0 Å². The molecule has 0 saturated heterocycles. The zero-order chi connectivity index (χ0) is 13.7. The summed E-state index contributed by atoms with van der Waals surface area (Å²) < 4.78 is 12.9. The molecule has 0 aliphatic heterocycles. The monoisotopic (exact) mass is 258 g/mol. The van der Waals surface area contributed by atoms with Crippen LogP contribution in [-0.4, -0.2) is 11.8 Å². The number of hydrogen-bond acceptors (Lipinski definition) is 2. The Morgan fingerprint density at radius 1 is 0.789 bits per heavy atom. The van der Waals surface area contributed by atoms with Crippen LogP contribution < -0.4 is 10.9 Å². The summed E-state index contributed by atoms with van der Waals surface area (Å²) in [4.78, 5) is 23.3. The minimum absolute atomic E-state index is 0.133. The maximum atomic E-state index is 12.9. The largest absolute Gasteiger partial charge is 0.269 e. The van der Waals surface area contributed by atoms with Crippen molar-refractivity contribution in [3.8, 4) is 0 Å². The van der Waals surface area contributed by atoms with Gasteiger partial charge in [0.25, 0.3) is 11.8 Å². The van der Waals surface area contributed by atoms with Crippen LogP contribution in [-0.2, 0) is 0 Å². The molecule has 96 valence electrons. The molecule has 0 spiro atoms. The van der Waals surface area contributed by atoms with Crippen molar-refractivity contribution >= 4 is 11.8 Å². The van der Waals surface area contributed by atoms with Gasteiger partial charge in [-0.05, 0) is 30.3 Å². The molecular formula is C14H11FN2O2. The lowest BCUT2D eigenvalue weighted by Gasteiger charge is -2.07. The molecule has 0 unspecified atom stereocenters. The van der Waals surface area contributed by atoms with E-state index in [9.17, 15) is 14.0 Å². The zero-order valence-corrected chi connectivity index (χ0v) is 9.89. The highest BCUT2D eigenvalue weighted by molar-refractivity contribution is 5.98. The Bertz CT molecular complexity index is 599. The average Bonchev–Trinajstić information content (AvgIpc) is 2.45. The molecule has 4 nitrogen and oxygen atoms in total. The van der Waals surface area contributed by atoms with E-state index in [1.165, 1.54) is 18.2 Å². The molecular weight excluding hydrogens is 247 g/mol. The summed E-state index contributed by atoms with van der Waals surface area (Å²) in [6, 6.07) is 13.6. The number of hydrogen-bond donors (Lipinski definition) is 2. The highest BCUT2D eigenvalue weighted by Gasteiger charge is 2.08. The van der Waals surface area contributed by atoms with Gasteiger partial charge in [-0.2, -0.15) is 0 Å². The molecule has 0 aliphatic rings. The van der Waals surface area contributed by atoms with Gasteiger partial charge in [-0.25, -0.2) is 4.39 Å². The Hall–Kier alpha value is -2.69. The minimum Gasteiger partial charge on any atom is -0.267 e. The first-order valence-corrected chi connectivity index (χ1v) is 5.58. The first kappa shape index (κ1) is 12.8. The van der Waals surface area contributed by atoms with E-state index in [0.29, 0.717) is 5.56 Å². The number of benzene rings is 2. The van der Waals surface area contributed by atoms with Crippen molar-refractivity contribution in [3.63, 3.8) is 0 Å². The van der Waals surface area contributed by atoms with Gasteiger partial charge in [0.05, 0.1) is 0 Å². The first-order chi connectivity index (χ1) is 9.16. The van der Waals surface area contributed by atoms with Gasteiger partial charge in [0.2, 0.25) is 0 Å². The number of rotatable bonds is 2. The molecule has 0 saturated carbocycles. The van der Waals surface area contributed by atoms with Gasteiger partial charge in [0.1, 0.15) is 5.82 Å². The predicted molar refractivity (Wildman–Crippen MR) is 67.8 cm³/mol. The molecule has 0 atom stereocenters. The highest BCUT2D eigenvalue weighted by atomic mass is 19.1. The highest BCUT2D eigenvalue weighted by Crippen LogP contribution is 2.03. The molecule has 5 heteroatoms. The van der Waals surface area contributed by atoms with E-state index in [0.717, 1.165) is 6.07 Å². The summed E-state index contributed by atoms with van der Waals surface area (Å²) in [6.45, 7) is 0. The second-order valence-electron chi connectivity index (χ2n) is 3.78. The van der Waals surface area contributed by atoms with E-state index < -0.39 is 17.6 Å². The van der Waals surface area contributed by atoms with Gasteiger partial charge in [0.15, 0.2) is 0 Å². The third-order valence-corrected chi connectivity index (χ3v) is 2.41. The van der Waals surface area contributed by atoms with E-state index in [1.807, 2.05) is 0 Å². The molecule has 0 radical (unpaired) electrons. The predicted octanol–water partition coefficient (Wildman–Crippen LogP) is 1.90. The molecule has 19 heavy (non-hydrogen) atoms. The smallest absolute Gasteiger partial charge is 0.267 e. The van der Waals surface area contributed by atoms with Crippen LogP contribution in [0.4, 0.5) is 4.39 Å². The summed E-state index contributed by atoms with van der Waals surface area (Å²) in [5.41, 5.74) is 5.03. The third kappa shape index (κ3) is 3.38. The number of hydrazine groups is 1. The summed E-state index contributed by atoms with van der Waals surface area (Å²) in [7, 11) is 0. The van der Waals surface area contributed by atoms with Crippen molar-refractivity contribution in [1.29, 1.82) is 0 Å². The van der Waals surface area contributed by atoms with E-state index in [2.05, 4.69) is 10.9 Å². The Morgan fingerprint density at radius 3 is 2.00 bits per heavy atom. The van der Waals surface area contributed by atoms with E-state index in [1.54, 1.807) is 30.3 Å². The average molecular weight is 258 g/mol. The fourth-order valence-corrected chi connectivity index (χ4v) is 1.48. The Kier molecular flexibility index (Phi) is 3.87. The standard InChI is InChI=1S/C14H11FN2O2/c15-12-8-4-7-11(9-12)14(19)17-16-13(18)10-5-2-1-3-6-10/h1-9H,(H,16,18)(H,17,19). The van der Waals surface area contributed by atoms with Gasteiger partial charge in [-0.15, -0.1) is 0 Å². The number of nitrogens with one attached hydrogen (secondary N) is 2. The second-order valence-corrected chi connectivity index (χ2v) is 3.78. The van der Waals surface area contributed by atoms with Crippen LogP contribution in [0, 0.1) is 5.82 Å². The maximum Gasteiger partial charge on any atom is 0.269 e. The van der Waals surface area contributed by atoms with Crippen LogP contribution in [0.3, 0.4) is 0 Å². The molecule has 0 bridgehead atoms. The van der Waals surface area contributed by atoms with Gasteiger partial charge >= 0.3 is 0 Å². The minimum atomic E-state index is -0.580. The van der Waals surface area contributed by atoms with Gasteiger partial charge in [-0.1, -0.05) is 24.3 Å². The van der Waals surface area contributed by atoms with Gasteiger partial charge < -0.3 is 0 Å². The molecule has 0 aliphatic carbocycles. The Balaban J connectivity index is 1.96. The maximum absolute atomic E-state index is 12.9. The molecule has 2 aromatic rings. The third-order valence-electron chi connectivity index (χ3n) is 2.41. The van der Waals surface area contributed by atoms with E-state index >= 15 is 0 Å². The van der Waals surface area contributed by atoms with E-state index in [-0.39, 0.29) is 5.56 Å². The Morgan fingerprint density at radius 2 is 1.37 bits per heavy atom. The molecule has 2 amide bonds. The Labute approximate surface area is 109 Å². The van der Waals surface area contributed by atoms with Crippen LogP contribution in [0.2, 0.25) is 0 Å². The molecule has 0 heterocycles. The fraction of sp³-hybridized carbons (Fsp3) is 0. The van der Waals surface area contributed by atoms with Gasteiger partial charge in [-0.3, -0.25) is 20.4 Å². The molecule has 0 fully saturated rings. The molecule has 0 aromatic heterocycles. The van der Waals surface area contributed by atoms with Crippen LogP contribution >= 0.6 is 0 Å². The first-order valence-electron chi connectivity index (χ1n) is 5.58. The molecule has 2 N–H and O–H groups in total. The number of carbonyl (C=O) groups is 2. The second kappa shape index (κ2) is 5.77. The van der Waals surface area contributed by atoms with Crippen molar-refractivity contribution in [2.24, 2.45) is 0 Å². The summed E-state index contributed by atoms with van der Waals surface area (Å²) in [5, 5.41) is 0. The van der Waals surface area contributed by atoms with Crippen molar-refractivity contribution in [1.82, 2.24) is 10.9 Å².